The Balaban J connectivity index is 2.10. The van der Waals surface area contributed by atoms with Gasteiger partial charge in [0.2, 0.25) is 0 Å². The molecule has 1 aliphatic heterocycles. The van der Waals surface area contributed by atoms with Crippen LogP contribution in [0.4, 0.5) is 22.0 Å². The zero-order valence-electron chi connectivity index (χ0n) is 12.4. The zero-order valence-corrected chi connectivity index (χ0v) is 13.3. The van der Waals surface area contributed by atoms with Crippen molar-refractivity contribution >= 4 is 11.8 Å². The number of nitrogens with zero attached hydrogens (tertiary/aromatic N) is 3. The topological polar surface area (TPSA) is 49.0 Å². The van der Waals surface area contributed by atoms with Crippen molar-refractivity contribution < 1.29 is 22.0 Å². The highest BCUT2D eigenvalue weighted by Crippen LogP contribution is 2.30. The summed E-state index contributed by atoms with van der Waals surface area (Å²) in [4.78, 5) is 13.3. The van der Waals surface area contributed by atoms with Gasteiger partial charge in [-0.25, -0.2) is 8.78 Å². The zero-order chi connectivity index (χ0) is 18.0. The average Bonchev–Trinajstić information content (AvgIpc) is 2.81. The number of pyridine rings is 1. The SMILES string of the molecule is N#CSc1cc(C(F)(F)F)cn(CCCN2CCC(F)(F)C2)c1=O. The van der Waals surface area contributed by atoms with Gasteiger partial charge in [-0.15, -0.1) is 0 Å². The summed E-state index contributed by atoms with van der Waals surface area (Å²) in [5.41, 5.74) is -1.71. The van der Waals surface area contributed by atoms with E-state index in [1.165, 1.54) is 4.90 Å². The van der Waals surface area contributed by atoms with Gasteiger partial charge in [0.05, 0.1) is 17.0 Å². The van der Waals surface area contributed by atoms with E-state index in [2.05, 4.69) is 0 Å². The van der Waals surface area contributed by atoms with Crippen LogP contribution in [0.2, 0.25) is 0 Å². The van der Waals surface area contributed by atoms with Crippen molar-refractivity contribution in [3.05, 3.63) is 28.2 Å². The van der Waals surface area contributed by atoms with Gasteiger partial charge < -0.3 is 4.57 Å². The molecule has 1 aromatic heterocycles. The van der Waals surface area contributed by atoms with Crippen LogP contribution in [0.1, 0.15) is 18.4 Å². The Labute approximate surface area is 138 Å². The minimum Gasteiger partial charge on any atom is -0.314 e. The normalized spacial score (nSPS) is 17.8. The van der Waals surface area contributed by atoms with E-state index in [0.717, 1.165) is 4.57 Å². The summed E-state index contributed by atoms with van der Waals surface area (Å²) in [6.45, 7) is 0.0723. The lowest BCUT2D eigenvalue weighted by Gasteiger charge is -2.16. The lowest BCUT2D eigenvalue weighted by Crippen LogP contribution is -2.29. The molecule has 0 aromatic carbocycles. The highest BCUT2D eigenvalue weighted by atomic mass is 32.2. The van der Waals surface area contributed by atoms with Crippen LogP contribution in [-0.2, 0) is 12.7 Å². The molecule has 132 valence electrons. The van der Waals surface area contributed by atoms with E-state index in [0.29, 0.717) is 24.0 Å². The maximum Gasteiger partial charge on any atom is 0.417 e. The first-order valence-corrected chi connectivity index (χ1v) is 7.92. The molecular weight excluding hydrogens is 353 g/mol. The molecule has 1 fully saturated rings. The summed E-state index contributed by atoms with van der Waals surface area (Å²) in [5, 5.41) is 10.2. The summed E-state index contributed by atoms with van der Waals surface area (Å²) >= 11 is 0.367. The Morgan fingerprint density at radius 3 is 2.58 bits per heavy atom. The highest BCUT2D eigenvalue weighted by Gasteiger charge is 2.37. The maximum absolute atomic E-state index is 13.1. The van der Waals surface area contributed by atoms with E-state index in [1.807, 2.05) is 0 Å². The van der Waals surface area contributed by atoms with E-state index < -0.39 is 23.2 Å². The summed E-state index contributed by atoms with van der Waals surface area (Å²) in [5.74, 6) is -2.73. The quantitative estimate of drug-likeness (QED) is 0.456. The van der Waals surface area contributed by atoms with Crippen LogP contribution in [0.3, 0.4) is 0 Å². The number of hydrogen-bond acceptors (Lipinski definition) is 4. The molecule has 1 saturated heterocycles. The Morgan fingerprint density at radius 1 is 1.33 bits per heavy atom. The molecule has 24 heavy (non-hydrogen) atoms. The Hall–Kier alpha value is -1.60. The van der Waals surface area contributed by atoms with Crippen molar-refractivity contribution in [3.63, 3.8) is 0 Å². The number of rotatable bonds is 5. The van der Waals surface area contributed by atoms with Gasteiger partial charge >= 0.3 is 6.18 Å². The lowest BCUT2D eigenvalue weighted by molar-refractivity contribution is -0.138. The second-order valence-corrected chi connectivity index (χ2v) is 6.34. The van der Waals surface area contributed by atoms with Crippen molar-refractivity contribution in [3.8, 4) is 5.40 Å². The monoisotopic (exact) mass is 367 g/mol. The molecule has 0 spiro atoms. The van der Waals surface area contributed by atoms with Crippen LogP contribution < -0.4 is 5.56 Å². The van der Waals surface area contributed by atoms with Gasteiger partial charge in [0, 0.05) is 32.3 Å². The number of likely N-dealkylation sites (tertiary alicyclic amines) is 1. The van der Waals surface area contributed by atoms with E-state index in [1.54, 1.807) is 5.40 Å². The third-order valence-electron chi connectivity index (χ3n) is 3.66. The first-order chi connectivity index (χ1) is 11.1. The molecule has 0 unspecified atom stereocenters. The number of alkyl halides is 5. The second kappa shape index (κ2) is 7.11. The number of aryl methyl sites for hydroxylation is 1. The number of thioether (sulfide) groups is 1. The van der Waals surface area contributed by atoms with Gasteiger partial charge in [-0.2, -0.15) is 18.4 Å². The fourth-order valence-corrected chi connectivity index (χ4v) is 3.00. The van der Waals surface area contributed by atoms with Crippen LogP contribution in [0, 0.1) is 10.7 Å². The lowest BCUT2D eigenvalue weighted by atomic mass is 10.2. The molecular formula is C14H14F5N3OS. The number of hydrogen-bond donors (Lipinski definition) is 0. The van der Waals surface area contributed by atoms with Crippen molar-refractivity contribution in [2.45, 2.75) is 36.4 Å². The Bertz CT molecular complexity index is 695. The molecule has 0 bridgehead atoms. The minimum absolute atomic E-state index is 0.0379. The Morgan fingerprint density at radius 2 is 2.04 bits per heavy atom. The molecule has 2 rings (SSSR count). The molecule has 1 aromatic rings. The number of aromatic nitrogens is 1. The summed E-state index contributed by atoms with van der Waals surface area (Å²) in [6, 6.07) is 0.647. The molecule has 4 nitrogen and oxygen atoms in total. The fraction of sp³-hybridized carbons (Fsp3) is 0.571. The molecule has 10 heteroatoms. The highest BCUT2D eigenvalue weighted by molar-refractivity contribution is 8.03. The largest absolute Gasteiger partial charge is 0.417 e. The van der Waals surface area contributed by atoms with Gasteiger partial charge in [0.1, 0.15) is 5.40 Å². The van der Waals surface area contributed by atoms with Crippen LogP contribution in [0.15, 0.2) is 22.0 Å². The Kier molecular flexibility index (Phi) is 5.55. The van der Waals surface area contributed by atoms with E-state index in [9.17, 15) is 26.7 Å². The van der Waals surface area contributed by atoms with Crippen LogP contribution in [0.25, 0.3) is 0 Å². The van der Waals surface area contributed by atoms with E-state index >= 15 is 0 Å². The number of halogens is 5. The molecule has 0 amide bonds. The van der Waals surface area contributed by atoms with E-state index in [-0.39, 0.29) is 43.9 Å². The predicted molar refractivity (Wildman–Crippen MR) is 77.8 cm³/mol. The van der Waals surface area contributed by atoms with Crippen LogP contribution in [0.5, 0.6) is 0 Å². The summed E-state index contributed by atoms with van der Waals surface area (Å²) < 4.78 is 65.7. The van der Waals surface area contributed by atoms with Gasteiger partial charge in [0.15, 0.2) is 0 Å². The first kappa shape index (κ1) is 18.7. The number of thiocyanates is 1. The van der Waals surface area contributed by atoms with Gasteiger partial charge in [-0.3, -0.25) is 9.69 Å². The van der Waals surface area contributed by atoms with Gasteiger partial charge in [-0.1, -0.05) is 0 Å². The minimum atomic E-state index is -4.64. The smallest absolute Gasteiger partial charge is 0.314 e. The third kappa shape index (κ3) is 4.70. The molecule has 0 atom stereocenters. The summed E-state index contributed by atoms with van der Waals surface area (Å²) in [6.07, 6.45) is -3.92. The third-order valence-corrected chi connectivity index (χ3v) is 4.26. The van der Waals surface area contributed by atoms with Crippen molar-refractivity contribution in [2.24, 2.45) is 0 Å². The van der Waals surface area contributed by atoms with Crippen molar-refractivity contribution in [1.29, 1.82) is 5.26 Å². The number of nitriles is 1. The van der Waals surface area contributed by atoms with Crippen molar-refractivity contribution in [1.82, 2.24) is 9.47 Å². The first-order valence-electron chi connectivity index (χ1n) is 7.10. The van der Waals surface area contributed by atoms with Crippen molar-refractivity contribution in [2.75, 3.05) is 19.6 Å². The van der Waals surface area contributed by atoms with Gasteiger partial charge in [-0.05, 0) is 24.2 Å². The molecule has 0 aliphatic carbocycles. The predicted octanol–water partition coefficient (Wildman–Crippen LogP) is 3.17. The van der Waals surface area contributed by atoms with Crippen LogP contribution >= 0.6 is 11.8 Å². The summed E-state index contributed by atoms with van der Waals surface area (Å²) in [7, 11) is 0. The maximum atomic E-state index is 13.1. The molecule has 1 aliphatic rings. The molecule has 0 radical (unpaired) electrons. The average molecular weight is 367 g/mol. The van der Waals surface area contributed by atoms with E-state index in [4.69, 9.17) is 5.26 Å². The standard InChI is InChI=1S/C14H14F5N3OS/c15-13(16)2-5-21(8-13)3-1-4-22-7-10(14(17,18)19)6-11(12(22)23)24-9-20/h6-7H,1-5,8H2. The van der Waals surface area contributed by atoms with Gasteiger partial charge in [0.25, 0.3) is 11.5 Å². The second-order valence-electron chi connectivity index (χ2n) is 5.52. The molecule has 0 saturated carbocycles. The molecule has 2 heterocycles. The fourth-order valence-electron chi connectivity index (χ4n) is 2.51. The van der Waals surface area contributed by atoms with Crippen LogP contribution in [-0.4, -0.2) is 35.0 Å². The molecule has 0 N–H and O–H groups in total.